The molecule has 0 saturated carbocycles. The van der Waals surface area contributed by atoms with E-state index in [1.165, 1.54) is 6.07 Å². The molecule has 5 rings (SSSR count). The van der Waals surface area contributed by atoms with E-state index in [4.69, 9.17) is 23.4 Å². The summed E-state index contributed by atoms with van der Waals surface area (Å²) in [7, 11) is 0. The lowest BCUT2D eigenvalue weighted by molar-refractivity contribution is -0.277. The van der Waals surface area contributed by atoms with E-state index in [1.54, 1.807) is 0 Å². The molecule has 11 N–H and O–H groups in total. The highest BCUT2D eigenvalue weighted by Crippen LogP contribution is 2.40. The second-order valence-corrected chi connectivity index (χ2v) is 10.2. The molecule has 0 spiro atoms. The fourth-order valence-corrected chi connectivity index (χ4v) is 4.91. The van der Waals surface area contributed by atoms with Gasteiger partial charge in [0.25, 0.3) is 0 Å². The number of ether oxygens (including phenoxy) is 4. The SMILES string of the molecule is O=c1c(O[C@@H]2O[C@H](C(O)CO)[C@H](O)[C@H]2O)c(-c2ccc(O)c(OC3O[C@H](CO)[C@@H](O)[C@H](O)[C@H]3O)c2)oc2cc(O)cc(O)c12. The lowest BCUT2D eigenvalue weighted by atomic mass is 9.99. The number of phenolic OH excluding ortho intramolecular Hbond substituents is 3. The van der Waals surface area contributed by atoms with Crippen molar-refractivity contribution in [1.29, 1.82) is 0 Å². The van der Waals surface area contributed by atoms with Crippen LogP contribution >= 0.6 is 0 Å². The molecule has 0 bridgehead atoms. The minimum atomic E-state index is -1.84. The van der Waals surface area contributed by atoms with Crippen LogP contribution in [0.4, 0.5) is 0 Å². The molecule has 2 saturated heterocycles. The normalized spacial score (nSPS) is 31.2. The third-order valence-electron chi connectivity index (χ3n) is 7.29. The van der Waals surface area contributed by atoms with Gasteiger partial charge in [0.1, 0.15) is 71.3 Å². The first-order chi connectivity index (χ1) is 20.9. The summed E-state index contributed by atoms with van der Waals surface area (Å²) in [6.45, 7) is -1.59. The number of aromatic hydroxyl groups is 3. The van der Waals surface area contributed by atoms with E-state index < -0.39 is 120 Å². The van der Waals surface area contributed by atoms with Crippen molar-refractivity contribution in [1.82, 2.24) is 0 Å². The minimum absolute atomic E-state index is 0.0841. The standard InChI is InChI=1S/C27H30O17/c28-6-12(33)24-20(37)22(39)27(43-24)44-25-18(35)16-11(32)4-9(30)5-14(16)40-23(25)8-1-2-10(31)13(3-8)41-26-21(38)19(36)17(34)15(7-29)42-26/h1-5,12,15,17,19-22,24,26-34,36-39H,6-7H2/t12?,15-,17-,19+,20-,21-,22-,24-,26?,27+/m1/s1. The molecule has 2 aliphatic rings. The van der Waals surface area contributed by atoms with Crippen LogP contribution in [0.1, 0.15) is 0 Å². The molecule has 17 heteroatoms. The first-order valence-corrected chi connectivity index (χ1v) is 13.2. The van der Waals surface area contributed by atoms with Gasteiger partial charge >= 0.3 is 0 Å². The zero-order valence-corrected chi connectivity index (χ0v) is 22.4. The largest absolute Gasteiger partial charge is 0.508 e. The van der Waals surface area contributed by atoms with Gasteiger partial charge in [0.05, 0.1) is 13.2 Å². The Labute approximate surface area is 246 Å². The van der Waals surface area contributed by atoms with Gasteiger partial charge in [0.15, 0.2) is 17.3 Å². The fourth-order valence-electron chi connectivity index (χ4n) is 4.91. The monoisotopic (exact) mass is 626 g/mol. The maximum atomic E-state index is 13.6. The van der Waals surface area contributed by atoms with Crippen molar-refractivity contribution in [3.63, 3.8) is 0 Å². The molecule has 0 radical (unpaired) electrons. The quantitative estimate of drug-likeness (QED) is 0.118. The topological polar surface area (TPSA) is 290 Å². The van der Waals surface area contributed by atoms with Gasteiger partial charge in [-0.2, -0.15) is 0 Å². The van der Waals surface area contributed by atoms with Crippen LogP contribution in [0.25, 0.3) is 22.3 Å². The Hall–Kier alpha value is -3.75. The van der Waals surface area contributed by atoms with Gasteiger partial charge in [0.2, 0.25) is 23.8 Å². The van der Waals surface area contributed by atoms with Crippen LogP contribution in [0.15, 0.2) is 39.5 Å². The van der Waals surface area contributed by atoms with E-state index in [1.807, 2.05) is 0 Å². The van der Waals surface area contributed by atoms with Crippen molar-refractivity contribution in [2.24, 2.45) is 0 Å². The maximum absolute atomic E-state index is 13.6. The number of benzene rings is 2. The molecule has 0 amide bonds. The van der Waals surface area contributed by atoms with Crippen molar-refractivity contribution in [3.8, 4) is 40.1 Å². The average Bonchev–Trinajstić information content (AvgIpc) is 3.27. The van der Waals surface area contributed by atoms with E-state index >= 15 is 0 Å². The lowest BCUT2D eigenvalue weighted by Crippen LogP contribution is -2.60. The van der Waals surface area contributed by atoms with Crippen molar-refractivity contribution < 1.29 is 79.5 Å². The predicted molar refractivity (Wildman–Crippen MR) is 142 cm³/mol. The van der Waals surface area contributed by atoms with Crippen molar-refractivity contribution in [3.05, 3.63) is 40.6 Å². The Morgan fingerprint density at radius 3 is 2.16 bits per heavy atom. The molecule has 2 fully saturated rings. The van der Waals surface area contributed by atoms with Crippen LogP contribution in [0, 0.1) is 0 Å². The molecule has 2 aliphatic heterocycles. The van der Waals surface area contributed by atoms with Crippen LogP contribution in [-0.2, 0) is 9.47 Å². The van der Waals surface area contributed by atoms with Crippen LogP contribution < -0.4 is 14.9 Å². The summed E-state index contributed by atoms with van der Waals surface area (Å²) in [6, 6.07) is 5.23. The maximum Gasteiger partial charge on any atom is 0.239 e. The van der Waals surface area contributed by atoms with Crippen LogP contribution in [-0.4, -0.2) is 131 Å². The molecule has 0 aliphatic carbocycles. The molecule has 3 aromatic rings. The van der Waals surface area contributed by atoms with Crippen LogP contribution in [0.5, 0.6) is 28.7 Å². The zero-order valence-electron chi connectivity index (χ0n) is 22.4. The Kier molecular flexibility index (Phi) is 8.87. The molecule has 1 aromatic heterocycles. The number of hydrogen-bond acceptors (Lipinski definition) is 17. The second-order valence-electron chi connectivity index (χ2n) is 10.2. The van der Waals surface area contributed by atoms with Gasteiger partial charge in [0, 0.05) is 17.7 Å². The van der Waals surface area contributed by atoms with Gasteiger partial charge in [-0.05, 0) is 18.2 Å². The van der Waals surface area contributed by atoms with Crippen molar-refractivity contribution in [2.45, 2.75) is 61.4 Å². The molecule has 10 atom stereocenters. The lowest BCUT2D eigenvalue weighted by Gasteiger charge is -2.39. The molecule has 44 heavy (non-hydrogen) atoms. The van der Waals surface area contributed by atoms with E-state index in [2.05, 4.69) is 0 Å². The number of hydrogen-bond donors (Lipinski definition) is 11. The summed E-state index contributed by atoms with van der Waals surface area (Å²) in [5, 5.41) is 110. The number of aliphatic hydroxyl groups is 8. The Bertz CT molecular complexity index is 1560. The summed E-state index contributed by atoms with van der Waals surface area (Å²) in [5.41, 5.74) is -1.46. The highest BCUT2D eigenvalue weighted by Gasteiger charge is 2.48. The van der Waals surface area contributed by atoms with Crippen molar-refractivity contribution in [2.75, 3.05) is 13.2 Å². The molecule has 240 valence electrons. The Morgan fingerprint density at radius 2 is 1.48 bits per heavy atom. The summed E-state index contributed by atoms with van der Waals surface area (Å²) in [4.78, 5) is 13.6. The van der Waals surface area contributed by atoms with Crippen molar-refractivity contribution >= 4 is 11.0 Å². The van der Waals surface area contributed by atoms with Gasteiger partial charge in [-0.3, -0.25) is 4.79 Å². The molecule has 17 nitrogen and oxygen atoms in total. The summed E-state index contributed by atoms with van der Waals surface area (Å²) < 4.78 is 27.6. The zero-order chi connectivity index (χ0) is 32.0. The summed E-state index contributed by atoms with van der Waals surface area (Å²) >= 11 is 0. The third kappa shape index (κ3) is 5.61. The first-order valence-electron chi connectivity index (χ1n) is 13.2. The van der Waals surface area contributed by atoms with Crippen LogP contribution in [0.3, 0.4) is 0 Å². The Balaban J connectivity index is 1.58. The molecule has 2 aromatic carbocycles. The Morgan fingerprint density at radius 1 is 0.795 bits per heavy atom. The predicted octanol–water partition coefficient (Wildman–Crippen LogP) is -3.07. The highest BCUT2D eigenvalue weighted by molar-refractivity contribution is 5.88. The van der Waals surface area contributed by atoms with Crippen LogP contribution in [0.2, 0.25) is 0 Å². The molecule has 3 heterocycles. The van der Waals surface area contributed by atoms with E-state index in [9.17, 15) is 61.0 Å². The fraction of sp³-hybridized carbons (Fsp3) is 0.444. The van der Waals surface area contributed by atoms with E-state index in [0.717, 1.165) is 24.3 Å². The van der Waals surface area contributed by atoms with E-state index in [-0.39, 0.29) is 11.1 Å². The molecular weight excluding hydrogens is 596 g/mol. The van der Waals surface area contributed by atoms with Gasteiger partial charge in [-0.25, -0.2) is 0 Å². The van der Waals surface area contributed by atoms with Gasteiger partial charge < -0.3 is 79.5 Å². The summed E-state index contributed by atoms with van der Waals surface area (Å²) in [6.07, 6.45) is -16.9. The number of aliphatic hydroxyl groups excluding tert-OH is 8. The smallest absolute Gasteiger partial charge is 0.239 e. The number of phenols is 3. The number of rotatable bonds is 8. The summed E-state index contributed by atoms with van der Waals surface area (Å²) in [5.74, 6) is -3.29. The second kappa shape index (κ2) is 12.3. The first kappa shape index (κ1) is 31.7. The molecule has 2 unspecified atom stereocenters. The third-order valence-corrected chi connectivity index (χ3v) is 7.29. The number of fused-ring (bicyclic) bond motifs is 1. The minimum Gasteiger partial charge on any atom is -0.508 e. The van der Waals surface area contributed by atoms with Gasteiger partial charge in [-0.1, -0.05) is 0 Å². The van der Waals surface area contributed by atoms with E-state index in [0.29, 0.717) is 0 Å². The highest BCUT2D eigenvalue weighted by atomic mass is 16.7. The van der Waals surface area contributed by atoms with Gasteiger partial charge in [-0.15, -0.1) is 0 Å². The average molecular weight is 627 g/mol. The molecular formula is C27H30O17.